The van der Waals surface area contributed by atoms with Crippen LogP contribution >= 0.6 is 0 Å². The fourth-order valence-corrected chi connectivity index (χ4v) is 3.24. The van der Waals surface area contributed by atoms with Crippen LogP contribution in [0.3, 0.4) is 0 Å². The number of carbonyl (C=O) groups excluding carboxylic acids is 2. The number of carbonyl (C=O) groups is 2. The Kier molecular flexibility index (Phi) is 6.26. The van der Waals surface area contributed by atoms with E-state index in [-0.39, 0.29) is 25.5 Å². The highest BCUT2D eigenvalue weighted by Crippen LogP contribution is 2.36. The number of aliphatic hydroxyl groups excluding tert-OH is 1. The summed E-state index contributed by atoms with van der Waals surface area (Å²) in [6.45, 7) is 0.555. The molecule has 2 atom stereocenters. The van der Waals surface area contributed by atoms with E-state index in [1.54, 1.807) is 0 Å². The number of nitrogens with one attached hydrogen (secondary N) is 1. The van der Waals surface area contributed by atoms with Gasteiger partial charge in [-0.1, -0.05) is 30.3 Å². The molecule has 1 saturated heterocycles. The minimum Gasteiger partial charge on any atom is -0.445 e. The van der Waals surface area contributed by atoms with Gasteiger partial charge >= 0.3 is 6.09 Å². The number of amides is 2. The van der Waals surface area contributed by atoms with E-state index < -0.39 is 23.9 Å². The molecule has 3 rings (SSSR count). The van der Waals surface area contributed by atoms with Gasteiger partial charge in [-0.05, 0) is 5.56 Å². The molecule has 148 valence electrons. The number of β-amino-alcohol motifs (C(OH)–C–C–N with tert-alkyl or cyclic N) is 1. The normalized spacial score (nSPS) is 21.8. The van der Waals surface area contributed by atoms with Crippen LogP contribution in [0, 0.1) is 12.3 Å². The molecule has 1 fully saturated rings. The fraction of sp³-hybridized carbons (Fsp3) is 0.500. The van der Waals surface area contributed by atoms with Crippen molar-refractivity contribution in [2.45, 2.75) is 50.1 Å². The topological polar surface area (TPSA) is 104 Å². The summed E-state index contributed by atoms with van der Waals surface area (Å²) in [6, 6.07) is 8.52. The van der Waals surface area contributed by atoms with E-state index in [9.17, 15) is 14.7 Å². The van der Waals surface area contributed by atoms with Crippen molar-refractivity contribution in [3.8, 4) is 12.3 Å². The quantitative estimate of drug-likeness (QED) is 0.668. The number of benzene rings is 1. The van der Waals surface area contributed by atoms with Crippen molar-refractivity contribution in [1.82, 2.24) is 10.2 Å². The third kappa shape index (κ3) is 5.08. The lowest BCUT2D eigenvalue weighted by Gasteiger charge is -2.23. The minimum absolute atomic E-state index is 0.0719. The molecule has 1 aromatic carbocycles. The van der Waals surface area contributed by atoms with Gasteiger partial charge in [0.2, 0.25) is 5.91 Å². The maximum atomic E-state index is 12.5. The minimum atomic E-state index is -0.756. The fourth-order valence-electron chi connectivity index (χ4n) is 3.24. The van der Waals surface area contributed by atoms with E-state index in [0.29, 0.717) is 25.8 Å². The highest BCUT2D eigenvalue weighted by Gasteiger charge is 2.41. The van der Waals surface area contributed by atoms with Gasteiger partial charge in [0.25, 0.3) is 0 Å². The van der Waals surface area contributed by atoms with E-state index in [4.69, 9.17) is 11.2 Å². The van der Waals surface area contributed by atoms with Gasteiger partial charge in [0.1, 0.15) is 12.6 Å². The first kappa shape index (κ1) is 19.8. The summed E-state index contributed by atoms with van der Waals surface area (Å²) >= 11 is 0. The summed E-state index contributed by atoms with van der Waals surface area (Å²) in [6.07, 6.45) is 5.89. The monoisotopic (exact) mass is 384 g/mol. The Bertz CT molecular complexity index is 768. The van der Waals surface area contributed by atoms with Gasteiger partial charge < -0.3 is 15.2 Å². The molecule has 28 heavy (non-hydrogen) atoms. The molecule has 0 spiro atoms. The number of ether oxygens (including phenoxy) is 1. The average molecular weight is 384 g/mol. The molecule has 8 heteroatoms. The van der Waals surface area contributed by atoms with E-state index in [0.717, 1.165) is 5.56 Å². The van der Waals surface area contributed by atoms with Crippen LogP contribution in [-0.2, 0) is 16.1 Å². The Labute approximate surface area is 164 Å². The van der Waals surface area contributed by atoms with Crippen LogP contribution < -0.4 is 5.32 Å². The zero-order valence-electron chi connectivity index (χ0n) is 15.6. The van der Waals surface area contributed by atoms with E-state index in [2.05, 4.69) is 21.5 Å². The second-order valence-electron chi connectivity index (χ2n) is 7.03. The number of nitrogens with zero attached hydrogens (tertiary/aromatic N) is 3. The van der Waals surface area contributed by atoms with Crippen molar-refractivity contribution in [3.63, 3.8) is 0 Å². The van der Waals surface area contributed by atoms with Gasteiger partial charge in [0.05, 0.1) is 12.6 Å². The first-order valence-corrected chi connectivity index (χ1v) is 9.34. The van der Waals surface area contributed by atoms with Crippen molar-refractivity contribution < 1.29 is 19.4 Å². The average Bonchev–Trinajstić information content (AvgIpc) is 3.36. The third-order valence-electron chi connectivity index (χ3n) is 4.90. The van der Waals surface area contributed by atoms with Gasteiger partial charge in [-0.3, -0.25) is 9.69 Å². The van der Waals surface area contributed by atoms with Crippen molar-refractivity contribution in [2.75, 3.05) is 13.1 Å². The molecule has 0 aromatic heterocycles. The number of rotatable bonds is 8. The predicted molar refractivity (Wildman–Crippen MR) is 101 cm³/mol. The van der Waals surface area contributed by atoms with Gasteiger partial charge in [0, 0.05) is 32.2 Å². The Morgan fingerprint density at radius 1 is 1.32 bits per heavy atom. The largest absolute Gasteiger partial charge is 0.445 e. The molecule has 2 aliphatic heterocycles. The molecule has 0 unspecified atom stereocenters. The van der Waals surface area contributed by atoms with Crippen LogP contribution in [-0.4, -0.2) is 52.9 Å². The number of hydrogen-bond donors (Lipinski definition) is 2. The molecule has 2 amide bonds. The van der Waals surface area contributed by atoms with E-state index in [1.807, 2.05) is 30.3 Å². The van der Waals surface area contributed by atoms with Crippen LogP contribution in [0.25, 0.3) is 0 Å². The number of likely N-dealkylation sites (tertiary alicyclic amines) is 1. The Balaban J connectivity index is 1.48. The Morgan fingerprint density at radius 2 is 2.07 bits per heavy atom. The molecule has 0 bridgehead atoms. The molecule has 2 aliphatic rings. The summed E-state index contributed by atoms with van der Waals surface area (Å²) < 4.78 is 5.30. The Hall–Kier alpha value is -2.92. The van der Waals surface area contributed by atoms with Gasteiger partial charge in [-0.25, -0.2) is 4.79 Å². The molecule has 2 heterocycles. The molecular weight excluding hydrogens is 360 g/mol. The second kappa shape index (κ2) is 8.85. The lowest BCUT2D eigenvalue weighted by atomic mass is 10.0. The highest BCUT2D eigenvalue weighted by molar-refractivity contribution is 5.86. The zero-order valence-corrected chi connectivity index (χ0v) is 15.6. The van der Waals surface area contributed by atoms with E-state index >= 15 is 0 Å². The third-order valence-corrected chi connectivity index (χ3v) is 4.90. The van der Waals surface area contributed by atoms with Crippen LogP contribution in [0.4, 0.5) is 4.79 Å². The maximum Gasteiger partial charge on any atom is 0.410 e. The van der Waals surface area contributed by atoms with Crippen molar-refractivity contribution in [1.29, 1.82) is 0 Å². The second-order valence-corrected chi connectivity index (χ2v) is 7.03. The van der Waals surface area contributed by atoms with Gasteiger partial charge in [0.15, 0.2) is 5.66 Å². The SMILES string of the molecule is C#CCCC1(CCNC(=O)[C@@H]2C[C@@H](O)CN2C(=O)OCc2ccccc2)N=N1. The first-order valence-electron chi connectivity index (χ1n) is 9.34. The van der Waals surface area contributed by atoms with Gasteiger partial charge in [-0.15, -0.1) is 12.3 Å². The number of hydrogen-bond acceptors (Lipinski definition) is 6. The molecular formula is C20H24N4O4. The van der Waals surface area contributed by atoms with Crippen molar-refractivity contribution in [3.05, 3.63) is 35.9 Å². The van der Waals surface area contributed by atoms with Crippen LogP contribution in [0.5, 0.6) is 0 Å². The van der Waals surface area contributed by atoms with Crippen LogP contribution in [0.1, 0.15) is 31.2 Å². The highest BCUT2D eigenvalue weighted by atomic mass is 16.6. The standard InChI is InChI=1S/C20H24N4O4/c1-2-3-9-20(22-23-20)10-11-21-18(26)17-12-16(25)13-24(17)19(27)28-14-15-7-5-4-6-8-15/h1,4-8,16-17,25H,3,9-14H2,(H,21,26)/t16-,17+/m1/s1. The summed E-state index contributed by atoms with van der Waals surface area (Å²) in [4.78, 5) is 26.2. The Morgan fingerprint density at radius 3 is 2.75 bits per heavy atom. The molecule has 0 saturated carbocycles. The first-order chi connectivity index (χ1) is 13.5. The van der Waals surface area contributed by atoms with E-state index in [1.165, 1.54) is 4.90 Å². The molecule has 8 nitrogen and oxygen atoms in total. The lowest BCUT2D eigenvalue weighted by Crippen LogP contribution is -2.46. The predicted octanol–water partition coefficient (Wildman–Crippen LogP) is 1.84. The maximum absolute atomic E-state index is 12.5. The number of aliphatic hydroxyl groups is 1. The molecule has 0 aliphatic carbocycles. The lowest BCUT2D eigenvalue weighted by molar-refractivity contribution is -0.125. The zero-order chi connectivity index (χ0) is 20.0. The summed E-state index contributed by atoms with van der Waals surface area (Å²) in [5, 5.41) is 20.8. The summed E-state index contributed by atoms with van der Waals surface area (Å²) in [7, 11) is 0. The molecule has 1 aromatic rings. The number of terminal acetylenes is 1. The summed E-state index contributed by atoms with van der Waals surface area (Å²) in [5.74, 6) is 2.24. The van der Waals surface area contributed by atoms with Crippen molar-refractivity contribution >= 4 is 12.0 Å². The molecule has 0 radical (unpaired) electrons. The smallest absolute Gasteiger partial charge is 0.410 e. The summed E-state index contributed by atoms with van der Waals surface area (Å²) in [5.41, 5.74) is 0.383. The van der Waals surface area contributed by atoms with Crippen molar-refractivity contribution in [2.24, 2.45) is 10.2 Å². The van der Waals surface area contributed by atoms with Crippen LogP contribution in [0.2, 0.25) is 0 Å². The molecule has 2 N–H and O–H groups in total. The van der Waals surface area contributed by atoms with Gasteiger partial charge in [-0.2, -0.15) is 10.2 Å². The van der Waals surface area contributed by atoms with Crippen LogP contribution in [0.15, 0.2) is 40.6 Å².